The minimum Gasteiger partial charge on any atom is -0.394 e. The summed E-state index contributed by atoms with van der Waals surface area (Å²) in [6, 6.07) is 0. The van der Waals surface area contributed by atoms with Gasteiger partial charge in [0, 0.05) is 0 Å². The van der Waals surface area contributed by atoms with Crippen LogP contribution in [0.4, 0.5) is 0 Å². The molecule has 2 saturated heterocycles. The summed E-state index contributed by atoms with van der Waals surface area (Å²) in [6.07, 6.45) is -13.8. The zero-order valence-electron chi connectivity index (χ0n) is 14.0. The lowest BCUT2D eigenvalue weighted by molar-refractivity contribution is -0.385. The van der Waals surface area contributed by atoms with Crippen LogP contribution in [0.3, 0.4) is 0 Å². The molecule has 0 amide bonds. The summed E-state index contributed by atoms with van der Waals surface area (Å²) >= 11 is 0. The Morgan fingerprint density at radius 2 is 1.62 bits per heavy atom. The number of ether oxygens (including phenoxy) is 4. The summed E-state index contributed by atoms with van der Waals surface area (Å²) in [7, 11) is 0. The van der Waals surface area contributed by atoms with Crippen LogP contribution in [-0.2, 0) is 18.9 Å². The molecular formula is C14H26O12. The molecule has 2 aliphatic heterocycles. The maximum Gasteiger partial charge on any atom is 0.224 e. The summed E-state index contributed by atoms with van der Waals surface area (Å²) in [4.78, 5) is 0. The number of rotatable bonds is 7. The summed E-state index contributed by atoms with van der Waals surface area (Å²) in [5.74, 6) is -2.24. The van der Waals surface area contributed by atoms with Crippen LogP contribution in [0.2, 0.25) is 0 Å². The fraction of sp³-hybridized carbons (Fsp3) is 1.00. The maximum atomic E-state index is 10.1. The summed E-state index contributed by atoms with van der Waals surface area (Å²) in [5, 5.41) is 77.8. The second-order valence-corrected chi connectivity index (χ2v) is 6.31. The zero-order chi connectivity index (χ0) is 19.6. The van der Waals surface area contributed by atoms with Crippen molar-refractivity contribution >= 4 is 0 Å². The van der Waals surface area contributed by atoms with Gasteiger partial charge in [-0.3, -0.25) is 0 Å². The van der Waals surface area contributed by atoms with E-state index < -0.39 is 74.3 Å². The highest BCUT2D eigenvalue weighted by molar-refractivity contribution is 4.98. The van der Waals surface area contributed by atoms with Gasteiger partial charge < -0.3 is 59.8 Å². The Morgan fingerprint density at radius 1 is 0.962 bits per heavy atom. The monoisotopic (exact) mass is 386 g/mol. The van der Waals surface area contributed by atoms with Gasteiger partial charge in [0.1, 0.15) is 49.3 Å². The van der Waals surface area contributed by atoms with Gasteiger partial charge in [-0.25, -0.2) is 0 Å². The normalized spacial score (nSPS) is 47.9. The van der Waals surface area contributed by atoms with E-state index in [-0.39, 0.29) is 6.61 Å². The second-order valence-electron chi connectivity index (χ2n) is 6.31. The van der Waals surface area contributed by atoms with Crippen LogP contribution in [0.1, 0.15) is 6.92 Å². The summed E-state index contributed by atoms with van der Waals surface area (Å²) < 4.78 is 20.7. The van der Waals surface area contributed by atoms with E-state index in [1.54, 1.807) is 0 Å². The maximum absolute atomic E-state index is 10.1. The molecule has 2 fully saturated rings. The van der Waals surface area contributed by atoms with Gasteiger partial charge in [0.05, 0.1) is 13.2 Å². The molecule has 0 aliphatic carbocycles. The van der Waals surface area contributed by atoms with E-state index in [0.717, 1.165) is 0 Å². The van der Waals surface area contributed by atoms with Gasteiger partial charge in [-0.15, -0.1) is 0 Å². The minimum absolute atomic E-state index is 0.361. The first kappa shape index (κ1) is 21.8. The Balaban J connectivity index is 2.14. The molecule has 1 unspecified atom stereocenters. The van der Waals surface area contributed by atoms with Crippen LogP contribution in [0.15, 0.2) is 0 Å². The first-order chi connectivity index (χ1) is 12.2. The largest absolute Gasteiger partial charge is 0.394 e. The van der Waals surface area contributed by atoms with Crippen molar-refractivity contribution in [3.63, 3.8) is 0 Å². The van der Waals surface area contributed by atoms with E-state index in [1.807, 2.05) is 0 Å². The molecule has 12 nitrogen and oxygen atoms in total. The fourth-order valence-electron chi connectivity index (χ4n) is 2.85. The van der Waals surface area contributed by atoms with Gasteiger partial charge in [0.15, 0.2) is 12.6 Å². The molecule has 0 aromatic carbocycles. The summed E-state index contributed by atoms with van der Waals surface area (Å²) in [5.41, 5.74) is 0. The molecule has 154 valence electrons. The molecule has 0 aromatic rings. The van der Waals surface area contributed by atoms with Crippen LogP contribution in [-0.4, -0.2) is 122 Å². The van der Waals surface area contributed by atoms with Gasteiger partial charge in [-0.2, -0.15) is 0 Å². The van der Waals surface area contributed by atoms with Gasteiger partial charge in [-0.05, 0) is 6.92 Å². The van der Waals surface area contributed by atoms with Crippen molar-refractivity contribution in [2.24, 2.45) is 0 Å². The number of hydrogen-bond donors (Lipinski definition) is 8. The predicted octanol–water partition coefficient (Wildman–Crippen LogP) is -5.03. The molecule has 0 aromatic heterocycles. The van der Waals surface area contributed by atoms with Crippen molar-refractivity contribution in [3.05, 3.63) is 0 Å². The third-order valence-corrected chi connectivity index (χ3v) is 4.39. The van der Waals surface area contributed by atoms with Crippen LogP contribution < -0.4 is 0 Å². The number of aliphatic hydroxyl groups is 8. The first-order valence-corrected chi connectivity index (χ1v) is 8.09. The lowest BCUT2D eigenvalue weighted by atomic mass is 9.99. The van der Waals surface area contributed by atoms with Crippen molar-refractivity contribution in [2.75, 3.05) is 19.8 Å². The topological polar surface area (TPSA) is 199 Å². The fourth-order valence-corrected chi connectivity index (χ4v) is 2.85. The molecule has 2 rings (SSSR count). The van der Waals surface area contributed by atoms with E-state index in [9.17, 15) is 30.6 Å². The molecule has 12 heteroatoms. The Bertz CT molecular complexity index is 450. The third kappa shape index (κ3) is 4.16. The van der Waals surface area contributed by atoms with Crippen molar-refractivity contribution in [1.29, 1.82) is 0 Å². The molecular weight excluding hydrogens is 360 g/mol. The highest BCUT2D eigenvalue weighted by Crippen LogP contribution is 2.35. The van der Waals surface area contributed by atoms with Crippen LogP contribution >= 0.6 is 0 Å². The van der Waals surface area contributed by atoms with E-state index in [2.05, 4.69) is 0 Å². The third-order valence-electron chi connectivity index (χ3n) is 4.39. The molecule has 8 N–H and O–H groups in total. The molecule has 0 spiro atoms. The molecule has 0 saturated carbocycles. The van der Waals surface area contributed by atoms with Gasteiger partial charge >= 0.3 is 0 Å². The Kier molecular flexibility index (Phi) is 7.29. The average molecular weight is 386 g/mol. The van der Waals surface area contributed by atoms with Crippen LogP contribution in [0.25, 0.3) is 0 Å². The Labute approximate surface area is 148 Å². The standard InChI is InChI=1S/C14H26O12/c1-5(17)23-3-7-8(18)10(20)11(21)13(24-7)26-14(4-16)12(22)9(19)6(2-15)25-14/h5-13,15-22H,2-4H2,1H3/t5?,6-,7-,8-,9-,10+,11-,12+,13-,14+/m1/s1. The van der Waals surface area contributed by atoms with Crippen molar-refractivity contribution < 1.29 is 59.8 Å². The average Bonchev–Trinajstić information content (AvgIpc) is 2.86. The van der Waals surface area contributed by atoms with E-state index in [4.69, 9.17) is 29.2 Å². The quantitative estimate of drug-likeness (QED) is 0.194. The molecule has 0 bridgehead atoms. The van der Waals surface area contributed by atoms with Crippen LogP contribution in [0.5, 0.6) is 0 Å². The second kappa shape index (κ2) is 8.68. The Hall–Kier alpha value is -0.480. The van der Waals surface area contributed by atoms with Gasteiger partial charge in [0.2, 0.25) is 5.79 Å². The SMILES string of the molecule is CC(O)OC[C@H]1O[C@H](O[C@]2(CO)O[C@H](CO)[C@@H](O)[C@@H]2O)[C@H](O)[C@@H](O)[C@@H]1O. The highest BCUT2D eigenvalue weighted by atomic mass is 16.8. The van der Waals surface area contributed by atoms with Crippen molar-refractivity contribution in [1.82, 2.24) is 0 Å². The molecule has 2 aliphatic rings. The van der Waals surface area contributed by atoms with Gasteiger partial charge in [-0.1, -0.05) is 0 Å². The lowest BCUT2D eigenvalue weighted by Gasteiger charge is -2.43. The lowest BCUT2D eigenvalue weighted by Crippen LogP contribution is -2.62. The smallest absolute Gasteiger partial charge is 0.224 e. The molecule has 2 heterocycles. The minimum atomic E-state index is -2.24. The Morgan fingerprint density at radius 3 is 2.12 bits per heavy atom. The van der Waals surface area contributed by atoms with E-state index in [1.165, 1.54) is 6.92 Å². The van der Waals surface area contributed by atoms with Crippen LogP contribution in [0, 0.1) is 0 Å². The van der Waals surface area contributed by atoms with Crippen molar-refractivity contribution in [2.45, 2.75) is 68.0 Å². The van der Waals surface area contributed by atoms with E-state index >= 15 is 0 Å². The zero-order valence-corrected chi connectivity index (χ0v) is 14.0. The van der Waals surface area contributed by atoms with Crippen molar-refractivity contribution in [3.8, 4) is 0 Å². The molecule has 10 atom stereocenters. The number of hydrogen-bond acceptors (Lipinski definition) is 12. The molecule has 0 radical (unpaired) electrons. The molecule has 26 heavy (non-hydrogen) atoms. The summed E-state index contributed by atoms with van der Waals surface area (Å²) in [6.45, 7) is -0.695. The predicted molar refractivity (Wildman–Crippen MR) is 79.2 cm³/mol. The van der Waals surface area contributed by atoms with Gasteiger partial charge in [0.25, 0.3) is 0 Å². The first-order valence-electron chi connectivity index (χ1n) is 8.09. The highest BCUT2D eigenvalue weighted by Gasteiger charge is 2.58. The van der Waals surface area contributed by atoms with E-state index in [0.29, 0.717) is 0 Å². The number of aliphatic hydroxyl groups excluding tert-OH is 8.